The summed E-state index contributed by atoms with van der Waals surface area (Å²) in [5.74, 6) is -1.26. The predicted molar refractivity (Wildman–Crippen MR) is 159 cm³/mol. The maximum Gasteiger partial charge on any atom is 0.242 e. The third-order valence-electron chi connectivity index (χ3n) is 6.85. The molecule has 3 aromatic rings. The van der Waals surface area contributed by atoms with E-state index in [9.17, 15) is 24.2 Å². The van der Waals surface area contributed by atoms with Gasteiger partial charge in [-0.25, -0.2) is 0 Å². The number of likely N-dealkylation sites (N-methyl/N-ethyl adjacent to an activating group) is 1. The van der Waals surface area contributed by atoms with E-state index in [-0.39, 0.29) is 36.3 Å². The van der Waals surface area contributed by atoms with Gasteiger partial charge < -0.3 is 20.6 Å². The van der Waals surface area contributed by atoms with Gasteiger partial charge in [-0.15, -0.1) is 0 Å². The van der Waals surface area contributed by atoms with E-state index in [1.54, 1.807) is 12.1 Å². The summed E-state index contributed by atoms with van der Waals surface area (Å²) in [6.45, 7) is 3.93. The van der Waals surface area contributed by atoms with Crippen LogP contribution < -0.4 is 10.6 Å². The van der Waals surface area contributed by atoms with E-state index < -0.39 is 25.2 Å². The first-order valence-corrected chi connectivity index (χ1v) is 15.8. The van der Waals surface area contributed by atoms with Gasteiger partial charge in [-0.2, -0.15) is 0 Å². The number of phenolic OH excluding ortho intramolecular Hbond substituents is 1. The Morgan fingerprint density at radius 2 is 1.45 bits per heavy atom. The van der Waals surface area contributed by atoms with Gasteiger partial charge in [0.05, 0.1) is 0 Å². The van der Waals surface area contributed by atoms with Gasteiger partial charge in [-0.1, -0.05) is 80.6 Å². The van der Waals surface area contributed by atoms with Crippen molar-refractivity contribution in [3.8, 4) is 5.75 Å². The van der Waals surface area contributed by atoms with Gasteiger partial charge in [-0.05, 0) is 59.6 Å². The van der Waals surface area contributed by atoms with Crippen LogP contribution in [0.1, 0.15) is 42.5 Å². The van der Waals surface area contributed by atoms with Crippen molar-refractivity contribution >= 4 is 19.2 Å². The Kier molecular flexibility index (Phi) is 11.5. The SMILES string of the molecule is CNC(=O)[C@@H](Cc1ccc(O)cc1)NC(=O)C(CC(C)C)CP(=O)(O)Cc1cccc(CCc2ccccc2)c1. The van der Waals surface area contributed by atoms with Crippen LogP contribution in [0.3, 0.4) is 0 Å². The van der Waals surface area contributed by atoms with Crippen molar-refractivity contribution in [2.45, 2.75) is 51.7 Å². The fourth-order valence-corrected chi connectivity index (χ4v) is 6.79. The van der Waals surface area contributed by atoms with E-state index in [1.807, 2.05) is 56.3 Å². The number of carbonyl (C=O) groups is 2. The third kappa shape index (κ3) is 10.3. The van der Waals surface area contributed by atoms with Crippen LogP contribution in [0.2, 0.25) is 0 Å². The van der Waals surface area contributed by atoms with Crippen LogP contribution in [0.5, 0.6) is 5.75 Å². The molecule has 3 atom stereocenters. The molecule has 0 aromatic heterocycles. The van der Waals surface area contributed by atoms with E-state index in [0.29, 0.717) is 6.42 Å². The molecule has 8 heteroatoms. The highest BCUT2D eigenvalue weighted by molar-refractivity contribution is 7.57. The molecule has 0 saturated carbocycles. The summed E-state index contributed by atoms with van der Waals surface area (Å²) in [7, 11) is -2.21. The smallest absolute Gasteiger partial charge is 0.242 e. The molecule has 4 N–H and O–H groups in total. The zero-order valence-electron chi connectivity index (χ0n) is 23.5. The average Bonchev–Trinajstić information content (AvgIpc) is 2.92. The molecule has 0 aliphatic rings. The van der Waals surface area contributed by atoms with Crippen LogP contribution in [0.4, 0.5) is 0 Å². The molecule has 0 fully saturated rings. The van der Waals surface area contributed by atoms with Gasteiger partial charge >= 0.3 is 0 Å². The minimum atomic E-state index is -3.71. The molecule has 3 rings (SSSR count). The van der Waals surface area contributed by atoms with E-state index in [2.05, 4.69) is 22.8 Å². The van der Waals surface area contributed by atoms with Crippen LogP contribution in [0.25, 0.3) is 0 Å². The second-order valence-corrected chi connectivity index (χ2v) is 13.2. The molecule has 2 unspecified atom stereocenters. The van der Waals surface area contributed by atoms with E-state index in [0.717, 1.165) is 29.5 Å². The number of carbonyl (C=O) groups excluding carboxylic acids is 2. The summed E-state index contributed by atoms with van der Waals surface area (Å²) in [5.41, 5.74) is 3.88. The standard InChI is InChI=1S/C32H41N2O5P/c1-23(2)18-28(31(36)34-30(32(37)33-3)20-26-14-16-29(35)17-15-26)22-40(38,39)21-27-11-7-10-25(19-27)13-12-24-8-5-4-6-9-24/h4-11,14-17,19,23,28,30,35H,12-13,18,20-22H2,1-3H3,(H,33,37)(H,34,36)(H,38,39)/t28?,30-/m1/s1. The van der Waals surface area contributed by atoms with E-state index in [4.69, 9.17) is 0 Å². The van der Waals surface area contributed by atoms with Crippen molar-refractivity contribution in [1.82, 2.24) is 10.6 Å². The maximum atomic E-state index is 13.4. The molecule has 7 nitrogen and oxygen atoms in total. The Morgan fingerprint density at radius 1 is 0.825 bits per heavy atom. The second kappa shape index (κ2) is 14.8. The normalized spacial score (nSPS) is 14.2. The Balaban J connectivity index is 1.68. The quantitative estimate of drug-likeness (QED) is 0.204. The van der Waals surface area contributed by atoms with Crippen molar-refractivity contribution < 1.29 is 24.2 Å². The zero-order chi connectivity index (χ0) is 29.1. The van der Waals surface area contributed by atoms with Gasteiger partial charge in [0.2, 0.25) is 19.2 Å². The zero-order valence-corrected chi connectivity index (χ0v) is 24.4. The number of hydrogen-bond donors (Lipinski definition) is 4. The lowest BCUT2D eigenvalue weighted by Gasteiger charge is -2.25. The Hall–Kier alpha value is -3.41. The lowest BCUT2D eigenvalue weighted by atomic mass is 9.97. The largest absolute Gasteiger partial charge is 0.508 e. The van der Waals surface area contributed by atoms with Crippen molar-refractivity contribution in [2.24, 2.45) is 11.8 Å². The van der Waals surface area contributed by atoms with Gasteiger partial charge in [0.1, 0.15) is 11.8 Å². The third-order valence-corrected chi connectivity index (χ3v) is 8.72. The molecule has 40 heavy (non-hydrogen) atoms. The number of aryl methyl sites for hydroxylation is 2. The molecule has 0 spiro atoms. The summed E-state index contributed by atoms with van der Waals surface area (Å²) >= 11 is 0. The van der Waals surface area contributed by atoms with Crippen molar-refractivity contribution in [3.05, 3.63) is 101 Å². The highest BCUT2D eigenvalue weighted by Gasteiger charge is 2.32. The average molecular weight is 565 g/mol. The molecule has 0 bridgehead atoms. The minimum Gasteiger partial charge on any atom is -0.508 e. The molecular weight excluding hydrogens is 523 g/mol. The molecule has 0 aliphatic carbocycles. The molecule has 0 aliphatic heterocycles. The lowest BCUT2D eigenvalue weighted by Crippen LogP contribution is -2.49. The molecular formula is C32H41N2O5P. The number of rotatable bonds is 14. The first-order valence-electron chi connectivity index (χ1n) is 13.8. The monoisotopic (exact) mass is 564 g/mol. The maximum absolute atomic E-state index is 13.4. The van der Waals surface area contributed by atoms with E-state index in [1.165, 1.54) is 24.7 Å². The molecule has 0 heterocycles. The summed E-state index contributed by atoms with van der Waals surface area (Å²) in [6, 6.07) is 23.5. The Morgan fingerprint density at radius 3 is 2.10 bits per heavy atom. The number of nitrogens with one attached hydrogen (secondary N) is 2. The molecule has 3 aromatic carbocycles. The Bertz CT molecular complexity index is 1290. The van der Waals surface area contributed by atoms with Crippen molar-refractivity contribution in [2.75, 3.05) is 13.2 Å². The number of hydrogen-bond acceptors (Lipinski definition) is 4. The summed E-state index contributed by atoms with van der Waals surface area (Å²) in [4.78, 5) is 37.0. The minimum absolute atomic E-state index is 0.0135. The van der Waals surface area contributed by atoms with Gasteiger partial charge in [0, 0.05) is 31.7 Å². The first kappa shape index (κ1) is 31.1. The number of benzene rings is 3. The topological polar surface area (TPSA) is 116 Å². The number of aromatic hydroxyl groups is 1. The van der Waals surface area contributed by atoms with Crippen molar-refractivity contribution in [1.29, 1.82) is 0 Å². The van der Waals surface area contributed by atoms with Crippen LogP contribution >= 0.6 is 7.37 Å². The van der Waals surface area contributed by atoms with Crippen LogP contribution in [0.15, 0.2) is 78.9 Å². The number of phenols is 1. The number of amides is 2. The van der Waals surface area contributed by atoms with Gasteiger partial charge in [-0.3, -0.25) is 14.2 Å². The summed E-state index contributed by atoms with van der Waals surface area (Å²) in [6.07, 6.45) is 2.19. The van der Waals surface area contributed by atoms with Gasteiger partial charge in [0.15, 0.2) is 0 Å². The van der Waals surface area contributed by atoms with Gasteiger partial charge in [0.25, 0.3) is 0 Å². The molecule has 2 amide bonds. The van der Waals surface area contributed by atoms with Crippen LogP contribution in [-0.4, -0.2) is 41.1 Å². The fourth-order valence-electron chi connectivity index (χ4n) is 4.89. The fraction of sp³-hybridized carbons (Fsp3) is 0.375. The van der Waals surface area contributed by atoms with Crippen LogP contribution in [0, 0.1) is 11.8 Å². The lowest BCUT2D eigenvalue weighted by molar-refractivity contribution is -0.130. The van der Waals surface area contributed by atoms with Crippen molar-refractivity contribution in [3.63, 3.8) is 0 Å². The summed E-state index contributed by atoms with van der Waals surface area (Å²) < 4.78 is 13.4. The summed E-state index contributed by atoms with van der Waals surface area (Å²) in [5, 5.41) is 15.0. The second-order valence-electron chi connectivity index (χ2n) is 10.9. The molecule has 0 saturated heterocycles. The molecule has 0 radical (unpaired) electrons. The predicted octanol–water partition coefficient (Wildman–Crippen LogP) is 5.08. The highest BCUT2D eigenvalue weighted by Crippen LogP contribution is 2.47. The van der Waals surface area contributed by atoms with E-state index >= 15 is 0 Å². The Labute approximate surface area is 237 Å². The van der Waals surface area contributed by atoms with Crippen LogP contribution in [-0.2, 0) is 39.6 Å². The first-order chi connectivity index (χ1) is 19.0. The molecule has 214 valence electrons. The highest BCUT2D eigenvalue weighted by atomic mass is 31.2.